The van der Waals surface area contributed by atoms with Crippen LogP contribution >= 0.6 is 0 Å². The maximum atomic E-state index is 9.07. The lowest BCUT2D eigenvalue weighted by Gasteiger charge is -2.20. The SMILES string of the molecule is CC1=CC(O)CCC1N. The molecule has 9 heavy (non-hydrogen) atoms. The van der Waals surface area contributed by atoms with Crippen molar-refractivity contribution in [3.8, 4) is 0 Å². The highest BCUT2D eigenvalue weighted by molar-refractivity contribution is 5.12. The molecule has 2 heteroatoms. The molecule has 0 radical (unpaired) electrons. The van der Waals surface area contributed by atoms with Crippen molar-refractivity contribution in [1.29, 1.82) is 0 Å². The van der Waals surface area contributed by atoms with Gasteiger partial charge in [0, 0.05) is 6.04 Å². The molecule has 52 valence electrons. The molecule has 0 aromatic carbocycles. The Morgan fingerprint density at radius 1 is 1.67 bits per heavy atom. The molecule has 2 atom stereocenters. The van der Waals surface area contributed by atoms with Crippen molar-refractivity contribution >= 4 is 0 Å². The molecule has 0 amide bonds. The standard InChI is InChI=1S/C7H13NO/c1-5-4-6(9)2-3-7(5)8/h4,6-7,9H,2-3,8H2,1H3. The predicted molar refractivity (Wildman–Crippen MR) is 37.0 cm³/mol. The van der Waals surface area contributed by atoms with Crippen LogP contribution in [0.1, 0.15) is 19.8 Å². The van der Waals surface area contributed by atoms with Gasteiger partial charge in [-0.3, -0.25) is 0 Å². The number of nitrogens with two attached hydrogens (primary N) is 1. The summed E-state index contributed by atoms with van der Waals surface area (Å²) in [5.41, 5.74) is 6.78. The molecule has 0 aromatic heterocycles. The van der Waals surface area contributed by atoms with Crippen LogP contribution in [0.15, 0.2) is 11.6 Å². The Hall–Kier alpha value is -0.340. The van der Waals surface area contributed by atoms with Gasteiger partial charge in [0.15, 0.2) is 0 Å². The minimum Gasteiger partial charge on any atom is -0.389 e. The molecule has 1 rings (SSSR count). The average molecular weight is 127 g/mol. The van der Waals surface area contributed by atoms with E-state index in [2.05, 4.69) is 0 Å². The monoisotopic (exact) mass is 127 g/mol. The van der Waals surface area contributed by atoms with Crippen LogP contribution in [-0.2, 0) is 0 Å². The van der Waals surface area contributed by atoms with E-state index in [0.717, 1.165) is 18.4 Å². The summed E-state index contributed by atoms with van der Waals surface area (Å²) >= 11 is 0. The molecule has 0 fully saturated rings. The predicted octanol–water partition coefficient (Wildman–Crippen LogP) is 0.415. The van der Waals surface area contributed by atoms with Crippen LogP contribution in [0.2, 0.25) is 0 Å². The zero-order valence-electron chi connectivity index (χ0n) is 5.67. The fourth-order valence-corrected chi connectivity index (χ4v) is 1.09. The first kappa shape index (κ1) is 6.78. The minimum atomic E-state index is -0.246. The van der Waals surface area contributed by atoms with Crippen LogP contribution in [-0.4, -0.2) is 17.3 Å². The van der Waals surface area contributed by atoms with Crippen LogP contribution < -0.4 is 5.73 Å². The Kier molecular flexibility index (Phi) is 1.88. The molecule has 0 aliphatic heterocycles. The number of aliphatic hydroxyl groups excluding tert-OH is 1. The van der Waals surface area contributed by atoms with Crippen LogP contribution in [0, 0.1) is 0 Å². The Labute approximate surface area is 55.4 Å². The first-order valence-electron chi connectivity index (χ1n) is 3.32. The van der Waals surface area contributed by atoms with E-state index in [-0.39, 0.29) is 12.1 Å². The number of rotatable bonds is 0. The number of aliphatic hydroxyl groups is 1. The third kappa shape index (κ3) is 1.53. The lowest BCUT2D eigenvalue weighted by Crippen LogP contribution is -2.27. The number of hydrogen-bond acceptors (Lipinski definition) is 2. The summed E-state index contributed by atoms with van der Waals surface area (Å²) in [4.78, 5) is 0. The van der Waals surface area contributed by atoms with Gasteiger partial charge in [-0.25, -0.2) is 0 Å². The highest BCUT2D eigenvalue weighted by atomic mass is 16.3. The highest BCUT2D eigenvalue weighted by Crippen LogP contribution is 2.15. The van der Waals surface area contributed by atoms with E-state index in [0.29, 0.717) is 0 Å². The molecule has 0 saturated heterocycles. The maximum Gasteiger partial charge on any atom is 0.0724 e. The van der Waals surface area contributed by atoms with Crippen molar-refractivity contribution in [3.63, 3.8) is 0 Å². The van der Waals surface area contributed by atoms with Gasteiger partial charge in [0.1, 0.15) is 0 Å². The topological polar surface area (TPSA) is 46.2 Å². The van der Waals surface area contributed by atoms with Crippen molar-refractivity contribution in [3.05, 3.63) is 11.6 Å². The summed E-state index contributed by atoms with van der Waals surface area (Å²) in [7, 11) is 0. The zero-order chi connectivity index (χ0) is 6.85. The van der Waals surface area contributed by atoms with Gasteiger partial charge >= 0.3 is 0 Å². The molecule has 1 aliphatic carbocycles. The van der Waals surface area contributed by atoms with E-state index in [1.54, 1.807) is 0 Å². The van der Waals surface area contributed by atoms with E-state index in [1.165, 1.54) is 0 Å². The molecule has 2 nitrogen and oxygen atoms in total. The minimum absolute atomic E-state index is 0.188. The third-order valence-corrected chi connectivity index (χ3v) is 1.81. The van der Waals surface area contributed by atoms with Crippen LogP contribution in [0.5, 0.6) is 0 Å². The third-order valence-electron chi connectivity index (χ3n) is 1.81. The van der Waals surface area contributed by atoms with Gasteiger partial charge in [-0.05, 0) is 19.8 Å². The van der Waals surface area contributed by atoms with E-state index >= 15 is 0 Å². The normalized spacial score (nSPS) is 36.1. The van der Waals surface area contributed by atoms with Crippen molar-refractivity contribution in [2.45, 2.75) is 31.9 Å². The molecule has 0 saturated carbocycles. The largest absolute Gasteiger partial charge is 0.389 e. The summed E-state index contributed by atoms with van der Waals surface area (Å²) in [5, 5.41) is 9.07. The van der Waals surface area contributed by atoms with Gasteiger partial charge in [0.2, 0.25) is 0 Å². The molecule has 0 bridgehead atoms. The summed E-state index contributed by atoms with van der Waals surface area (Å²) in [6.45, 7) is 1.97. The molecule has 0 spiro atoms. The summed E-state index contributed by atoms with van der Waals surface area (Å²) < 4.78 is 0. The summed E-state index contributed by atoms with van der Waals surface area (Å²) in [5.74, 6) is 0. The van der Waals surface area contributed by atoms with Crippen LogP contribution in [0.3, 0.4) is 0 Å². The Balaban J connectivity index is 2.61. The highest BCUT2D eigenvalue weighted by Gasteiger charge is 2.14. The van der Waals surface area contributed by atoms with Gasteiger partial charge in [0.05, 0.1) is 6.10 Å². The van der Waals surface area contributed by atoms with Gasteiger partial charge in [-0.15, -0.1) is 0 Å². The summed E-state index contributed by atoms with van der Waals surface area (Å²) in [6.07, 6.45) is 3.33. The van der Waals surface area contributed by atoms with Crippen LogP contribution in [0.25, 0.3) is 0 Å². The Morgan fingerprint density at radius 2 is 2.33 bits per heavy atom. The van der Waals surface area contributed by atoms with Crippen molar-refractivity contribution in [2.75, 3.05) is 0 Å². The van der Waals surface area contributed by atoms with Gasteiger partial charge in [-0.2, -0.15) is 0 Å². The van der Waals surface area contributed by atoms with Crippen molar-refractivity contribution in [1.82, 2.24) is 0 Å². The van der Waals surface area contributed by atoms with Crippen molar-refractivity contribution in [2.24, 2.45) is 5.73 Å². The van der Waals surface area contributed by atoms with Gasteiger partial charge in [0.25, 0.3) is 0 Å². The lowest BCUT2D eigenvalue weighted by molar-refractivity contribution is 0.198. The van der Waals surface area contributed by atoms with E-state index in [4.69, 9.17) is 10.8 Å². The Bertz CT molecular complexity index is 131. The van der Waals surface area contributed by atoms with E-state index < -0.39 is 0 Å². The number of hydrogen-bond donors (Lipinski definition) is 2. The second kappa shape index (κ2) is 2.50. The fourth-order valence-electron chi connectivity index (χ4n) is 1.09. The van der Waals surface area contributed by atoms with Crippen LogP contribution in [0.4, 0.5) is 0 Å². The fraction of sp³-hybridized carbons (Fsp3) is 0.714. The molecule has 2 unspecified atom stereocenters. The smallest absolute Gasteiger partial charge is 0.0724 e. The van der Waals surface area contributed by atoms with Crippen molar-refractivity contribution < 1.29 is 5.11 Å². The summed E-state index contributed by atoms with van der Waals surface area (Å²) in [6, 6.07) is 0.188. The second-order valence-corrected chi connectivity index (χ2v) is 2.66. The average Bonchev–Trinajstić information content (AvgIpc) is 1.80. The Morgan fingerprint density at radius 3 is 2.78 bits per heavy atom. The molecule has 0 aromatic rings. The molecule has 1 aliphatic rings. The molecule has 3 N–H and O–H groups in total. The maximum absolute atomic E-state index is 9.07. The van der Waals surface area contributed by atoms with Gasteiger partial charge in [-0.1, -0.05) is 11.6 Å². The molecule has 0 heterocycles. The van der Waals surface area contributed by atoms with Gasteiger partial charge < -0.3 is 10.8 Å². The quantitative estimate of drug-likeness (QED) is 0.463. The first-order chi connectivity index (χ1) is 4.20. The van der Waals surface area contributed by atoms with E-state index in [9.17, 15) is 0 Å². The molecular formula is C7H13NO. The second-order valence-electron chi connectivity index (χ2n) is 2.66. The first-order valence-corrected chi connectivity index (χ1v) is 3.32. The molecular weight excluding hydrogens is 114 g/mol. The lowest BCUT2D eigenvalue weighted by atomic mass is 9.94. The van der Waals surface area contributed by atoms with E-state index in [1.807, 2.05) is 13.0 Å². The zero-order valence-corrected chi connectivity index (χ0v) is 5.67.